The topological polar surface area (TPSA) is 52.0 Å². The first kappa shape index (κ1) is 27.5. The van der Waals surface area contributed by atoms with Gasteiger partial charge in [0.25, 0.3) is 0 Å². The zero-order valence-corrected chi connectivity index (χ0v) is 23.6. The molecule has 4 aromatic carbocycles. The van der Waals surface area contributed by atoms with Gasteiger partial charge in [-0.25, -0.2) is 0 Å². The van der Waals surface area contributed by atoms with Gasteiger partial charge < -0.3 is 11.5 Å². The molecule has 0 saturated carbocycles. The summed E-state index contributed by atoms with van der Waals surface area (Å²) in [7, 11) is 0. The quantitative estimate of drug-likeness (QED) is 0.158. The lowest BCUT2D eigenvalue weighted by molar-refractivity contribution is 0.640. The van der Waals surface area contributed by atoms with Crippen molar-refractivity contribution in [2.75, 3.05) is 11.5 Å². The Bertz CT molecular complexity index is 1210. The van der Waals surface area contributed by atoms with Gasteiger partial charge in [0, 0.05) is 23.2 Å². The maximum atomic E-state index is 5.93. The fourth-order valence-corrected chi connectivity index (χ4v) is 5.69. The first-order valence-corrected chi connectivity index (χ1v) is 14.2. The molecule has 0 saturated heterocycles. The molecule has 0 bridgehead atoms. The molecule has 0 spiro atoms. The molecule has 0 aromatic heterocycles. The molecule has 198 valence electrons. The Morgan fingerprint density at radius 2 is 0.868 bits per heavy atom. The van der Waals surface area contributed by atoms with Crippen LogP contribution in [0.15, 0.2) is 84.9 Å². The van der Waals surface area contributed by atoms with E-state index in [1.54, 1.807) is 0 Å². The maximum absolute atomic E-state index is 5.93. The molecule has 0 radical (unpaired) electrons. The van der Waals surface area contributed by atoms with Gasteiger partial charge in [-0.15, -0.1) is 0 Å². The third kappa shape index (κ3) is 7.07. The van der Waals surface area contributed by atoms with Crippen molar-refractivity contribution in [1.29, 1.82) is 0 Å². The van der Waals surface area contributed by atoms with Crippen molar-refractivity contribution in [2.45, 2.75) is 78.1 Å². The lowest BCUT2D eigenvalue weighted by Crippen LogP contribution is -2.00. The number of hydrogen-bond acceptors (Lipinski definition) is 2. The molecule has 4 aromatic rings. The van der Waals surface area contributed by atoms with E-state index in [0.29, 0.717) is 11.8 Å². The average molecular weight is 505 g/mol. The number of anilines is 2. The van der Waals surface area contributed by atoms with E-state index >= 15 is 0 Å². The van der Waals surface area contributed by atoms with Gasteiger partial charge in [0.15, 0.2) is 0 Å². The van der Waals surface area contributed by atoms with Crippen molar-refractivity contribution in [3.8, 4) is 0 Å². The highest BCUT2D eigenvalue weighted by molar-refractivity contribution is 5.48. The molecule has 2 nitrogen and oxygen atoms in total. The summed E-state index contributed by atoms with van der Waals surface area (Å²) in [4.78, 5) is 0. The van der Waals surface area contributed by atoms with Crippen LogP contribution in [0.25, 0.3) is 0 Å². The smallest absolute Gasteiger partial charge is 0.0316 e. The van der Waals surface area contributed by atoms with Gasteiger partial charge in [-0.2, -0.15) is 0 Å². The molecule has 2 unspecified atom stereocenters. The van der Waals surface area contributed by atoms with Crippen molar-refractivity contribution in [2.24, 2.45) is 0 Å². The molecule has 0 fully saturated rings. The van der Waals surface area contributed by atoms with Gasteiger partial charge in [-0.1, -0.05) is 87.4 Å². The number of nitrogen functional groups attached to an aromatic ring is 2. The summed E-state index contributed by atoms with van der Waals surface area (Å²) in [5.41, 5.74) is 24.4. The summed E-state index contributed by atoms with van der Waals surface area (Å²) in [5.74, 6) is 0.757. The Balaban J connectivity index is 1.18. The number of unbranched alkanes of at least 4 members (excludes halogenated alkanes) is 3. The van der Waals surface area contributed by atoms with E-state index in [9.17, 15) is 0 Å². The van der Waals surface area contributed by atoms with Gasteiger partial charge in [0.05, 0.1) is 0 Å². The van der Waals surface area contributed by atoms with Crippen LogP contribution in [0.2, 0.25) is 0 Å². The molecular weight excluding hydrogens is 460 g/mol. The molecule has 4 N–H and O–H groups in total. The largest absolute Gasteiger partial charge is 0.399 e. The van der Waals surface area contributed by atoms with E-state index in [1.807, 2.05) is 12.1 Å². The fourth-order valence-electron chi connectivity index (χ4n) is 5.69. The van der Waals surface area contributed by atoms with Crippen molar-refractivity contribution in [3.63, 3.8) is 0 Å². The van der Waals surface area contributed by atoms with Gasteiger partial charge >= 0.3 is 0 Å². The summed E-state index contributed by atoms with van der Waals surface area (Å²) >= 11 is 0. The number of benzene rings is 4. The second-order valence-corrected chi connectivity index (χ2v) is 11.1. The van der Waals surface area contributed by atoms with E-state index in [0.717, 1.165) is 24.2 Å². The molecule has 2 heteroatoms. The van der Waals surface area contributed by atoms with E-state index < -0.39 is 0 Å². The van der Waals surface area contributed by atoms with Gasteiger partial charge in [0.1, 0.15) is 0 Å². The van der Waals surface area contributed by atoms with Crippen LogP contribution in [0.5, 0.6) is 0 Å². The molecule has 2 atom stereocenters. The summed E-state index contributed by atoms with van der Waals surface area (Å²) in [6.45, 7) is 8.86. The van der Waals surface area contributed by atoms with Crippen molar-refractivity contribution >= 4 is 11.4 Å². The zero-order chi connectivity index (χ0) is 27.1. The van der Waals surface area contributed by atoms with Crippen molar-refractivity contribution in [1.82, 2.24) is 0 Å². The molecule has 0 heterocycles. The fraction of sp³-hybridized carbons (Fsp3) is 0.333. The van der Waals surface area contributed by atoms with Crippen LogP contribution in [-0.4, -0.2) is 0 Å². The predicted octanol–water partition coefficient (Wildman–Crippen LogP) is 9.12. The average Bonchev–Trinajstić information content (AvgIpc) is 2.91. The van der Waals surface area contributed by atoms with Crippen LogP contribution in [0.4, 0.5) is 11.4 Å². The van der Waals surface area contributed by atoms with Crippen molar-refractivity contribution < 1.29 is 0 Å². The zero-order valence-electron chi connectivity index (χ0n) is 23.6. The summed E-state index contributed by atoms with van der Waals surface area (Å²) in [6, 6.07) is 30.9. The molecule has 0 aliphatic rings. The standard InChI is InChI=1S/C36H44N2/c1-25-23-33(37)19-21-35(25)27(3)31-15-11-29(12-16-31)9-7-5-6-8-10-30-13-17-32(18-14-30)28(4)36-22-20-34(38)24-26(36)2/h11-24,27-28H,5-10,37-38H2,1-4H3. The van der Waals surface area contributed by atoms with E-state index in [1.165, 1.54) is 70.2 Å². The molecular formula is C36H44N2. The second kappa shape index (κ2) is 12.8. The molecule has 38 heavy (non-hydrogen) atoms. The van der Waals surface area contributed by atoms with Crippen LogP contribution in [-0.2, 0) is 12.8 Å². The first-order valence-electron chi connectivity index (χ1n) is 14.2. The number of hydrogen-bond donors (Lipinski definition) is 2. The first-order chi connectivity index (χ1) is 18.3. The Labute approximate surface area is 230 Å². The highest BCUT2D eigenvalue weighted by atomic mass is 14.5. The molecule has 0 amide bonds. The highest BCUT2D eigenvalue weighted by Gasteiger charge is 2.12. The third-order valence-corrected chi connectivity index (χ3v) is 8.16. The Kier molecular flexibility index (Phi) is 9.29. The highest BCUT2D eigenvalue weighted by Crippen LogP contribution is 2.29. The number of rotatable bonds is 11. The minimum atomic E-state index is 0.378. The molecule has 0 aliphatic heterocycles. The van der Waals surface area contributed by atoms with Crippen LogP contribution in [0.1, 0.15) is 95.9 Å². The van der Waals surface area contributed by atoms with E-state index in [-0.39, 0.29) is 0 Å². The minimum Gasteiger partial charge on any atom is -0.399 e. The lowest BCUT2D eigenvalue weighted by atomic mass is 9.89. The summed E-state index contributed by atoms with van der Waals surface area (Å²) in [5, 5.41) is 0. The monoisotopic (exact) mass is 504 g/mol. The molecule has 0 aliphatic carbocycles. The van der Waals surface area contributed by atoms with Crippen molar-refractivity contribution in [3.05, 3.63) is 129 Å². The van der Waals surface area contributed by atoms with Gasteiger partial charge in [0.2, 0.25) is 0 Å². The van der Waals surface area contributed by atoms with Crippen LogP contribution in [0.3, 0.4) is 0 Å². The summed E-state index contributed by atoms with van der Waals surface area (Å²) in [6.07, 6.45) is 7.40. The number of aryl methyl sites for hydroxylation is 4. The Hall–Kier alpha value is -3.52. The second-order valence-electron chi connectivity index (χ2n) is 11.1. The number of nitrogens with two attached hydrogens (primary N) is 2. The Morgan fingerprint density at radius 3 is 1.21 bits per heavy atom. The van der Waals surface area contributed by atoms with Gasteiger partial charge in [-0.3, -0.25) is 0 Å². The SMILES string of the molecule is Cc1cc(N)ccc1C(C)c1ccc(CCCCCCc2ccc(C(C)c3ccc(N)cc3C)cc2)cc1. The minimum absolute atomic E-state index is 0.378. The third-order valence-electron chi connectivity index (χ3n) is 8.16. The van der Waals surface area contributed by atoms with E-state index in [2.05, 4.69) is 100 Å². The van der Waals surface area contributed by atoms with Gasteiger partial charge in [-0.05, 0) is 108 Å². The molecule has 4 rings (SSSR count). The lowest BCUT2D eigenvalue weighted by Gasteiger charge is -2.16. The Morgan fingerprint density at radius 1 is 0.500 bits per heavy atom. The van der Waals surface area contributed by atoms with Crippen LogP contribution < -0.4 is 11.5 Å². The normalized spacial score (nSPS) is 12.8. The predicted molar refractivity (Wildman–Crippen MR) is 165 cm³/mol. The summed E-state index contributed by atoms with van der Waals surface area (Å²) < 4.78 is 0. The van der Waals surface area contributed by atoms with Crippen LogP contribution in [0, 0.1) is 13.8 Å². The van der Waals surface area contributed by atoms with E-state index in [4.69, 9.17) is 11.5 Å². The van der Waals surface area contributed by atoms with Crippen LogP contribution >= 0.6 is 0 Å². The maximum Gasteiger partial charge on any atom is 0.0316 e.